The minimum absolute atomic E-state index is 0.157. The second-order valence-electron chi connectivity index (χ2n) is 3.76. The highest BCUT2D eigenvalue weighted by atomic mass is 16.4. The van der Waals surface area contributed by atoms with Crippen LogP contribution in [0.4, 0.5) is 5.69 Å². The Morgan fingerprint density at radius 1 is 1.41 bits per heavy atom. The number of aromatic nitrogens is 3. The van der Waals surface area contributed by atoms with Crippen LogP contribution in [0, 0.1) is 0 Å². The van der Waals surface area contributed by atoms with Crippen molar-refractivity contribution in [2.45, 2.75) is 0 Å². The summed E-state index contributed by atoms with van der Waals surface area (Å²) < 4.78 is 0. The number of anilines is 1. The summed E-state index contributed by atoms with van der Waals surface area (Å²) in [6.45, 7) is 0. The molecule has 0 atom stereocenters. The number of hydrogen-bond donors (Lipinski definition) is 2. The third kappa shape index (κ3) is 2.25. The van der Waals surface area contributed by atoms with Gasteiger partial charge in [0.05, 0.1) is 0 Å². The summed E-state index contributed by atoms with van der Waals surface area (Å²) in [7, 11) is 3.86. The van der Waals surface area contributed by atoms with Crippen LogP contribution in [0.15, 0.2) is 24.3 Å². The molecule has 88 valence electrons. The SMILES string of the molecule is CN(C)c1cccc(-c2n[nH]c(C(=O)O)n2)c1. The topological polar surface area (TPSA) is 82.1 Å². The van der Waals surface area contributed by atoms with Crippen LogP contribution in [0.2, 0.25) is 0 Å². The molecule has 0 saturated carbocycles. The molecule has 0 aliphatic rings. The number of benzene rings is 1. The van der Waals surface area contributed by atoms with Gasteiger partial charge in [-0.15, -0.1) is 0 Å². The molecule has 0 unspecified atom stereocenters. The fourth-order valence-corrected chi connectivity index (χ4v) is 1.41. The fourth-order valence-electron chi connectivity index (χ4n) is 1.41. The van der Waals surface area contributed by atoms with Gasteiger partial charge in [-0.1, -0.05) is 12.1 Å². The van der Waals surface area contributed by atoms with E-state index in [9.17, 15) is 4.79 Å². The largest absolute Gasteiger partial charge is 0.475 e. The van der Waals surface area contributed by atoms with E-state index in [1.54, 1.807) is 0 Å². The molecule has 0 saturated heterocycles. The van der Waals surface area contributed by atoms with Crippen LogP contribution in [0.25, 0.3) is 11.4 Å². The Morgan fingerprint density at radius 3 is 2.76 bits per heavy atom. The van der Waals surface area contributed by atoms with E-state index in [0.29, 0.717) is 5.82 Å². The molecule has 17 heavy (non-hydrogen) atoms. The van der Waals surface area contributed by atoms with Crippen LogP contribution >= 0.6 is 0 Å². The molecule has 1 heterocycles. The van der Waals surface area contributed by atoms with Crippen LogP contribution < -0.4 is 4.90 Å². The maximum atomic E-state index is 10.7. The monoisotopic (exact) mass is 232 g/mol. The van der Waals surface area contributed by atoms with Gasteiger partial charge in [0.1, 0.15) is 0 Å². The third-order valence-corrected chi connectivity index (χ3v) is 2.31. The maximum Gasteiger partial charge on any atom is 0.373 e. The highest BCUT2D eigenvalue weighted by Gasteiger charge is 2.11. The minimum atomic E-state index is -1.12. The van der Waals surface area contributed by atoms with Crippen molar-refractivity contribution in [1.82, 2.24) is 15.2 Å². The molecule has 1 aromatic carbocycles. The van der Waals surface area contributed by atoms with Gasteiger partial charge in [-0.05, 0) is 12.1 Å². The molecule has 0 radical (unpaired) electrons. The molecule has 0 bridgehead atoms. The molecule has 0 amide bonds. The number of nitrogens with zero attached hydrogens (tertiary/aromatic N) is 3. The van der Waals surface area contributed by atoms with Gasteiger partial charge in [-0.25, -0.2) is 9.78 Å². The molecule has 6 heteroatoms. The highest BCUT2D eigenvalue weighted by molar-refractivity contribution is 5.83. The van der Waals surface area contributed by atoms with Gasteiger partial charge in [0.2, 0.25) is 5.82 Å². The first-order chi connectivity index (χ1) is 8.08. The lowest BCUT2D eigenvalue weighted by atomic mass is 10.2. The summed E-state index contributed by atoms with van der Waals surface area (Å²) in [4.78, 5) is 16.5. The first kappa shape index (κ1) is 11.1. The average molecular weight is 232 g/mol. The van der Waals surface area contributed by atoms with Crippen molar-refractivity contribution in [3.05, 3.63) is 30.1 Å². The smallest absolute Gasteiger partial charge is 0.373 e. The molecule has 0 aliphatic carbocycles. The lowest BCUT2D eigenvalue weighted by Gasteiger charge is -2.12. The van der Waals surface area contributed by atoms with E-state index in [-0.39, 0.29) is 5.82 Å². The summed E-state index contributed by atoms with van der Waals surface area (Å²) in [5.74, 6) is -0.895. The zero-order chi connectivity index (χ0) is 12.4. The van der Waals surface area contributed by atoms with E-state index in [1.807, 2.05) is 43.3 Å². The van der Waals surface area contributed by atoms with E-state index < -0.39 is 5.97 Å². The number of aromatic carboxylic acids is 1. The van der Waals surface area contributed by atoms with Crippen molar-refractivity contribution in [2.75, 3.05) is 19.0 Å². The number of H-pyrrole nitrogens is 1. The Morgan fingerprint density at radius 2 is 2.18 bits per heavy atom. The number of carboxylic acid groups (broad SMARTS) is 1. The summed E-state index contributed by atoms with van der Waals surface area (Å²) >= 11 is 0. The number of carboxylic acids is 1. The predicted octanol–water partition coefficient (Wildman–Crippen LogP) is 1.24. The standard InChI is InChI=1S/C11H12N4O2/c1-15(2)8-5-3-4-7(6-8)9-12-10(11(16)17)14-13-9/h3-6H,1-2H3,(H,16,17)(H,12,13,14). The van der Waals surface area contributed by atoms with Crippen LogP contribution in [0.3, 0.4) is 0 Å². The van der Waals surface area contributed by atoms with Crippen LogP contribution in [0.1, 0.15) is 10.6 Å². The molecular weight excluding hydrogens is 220 g/mol. The van der Waals surface area contributed by atoms with Gasteiger partial charge in [0.15, 0.2) is 5.82 Å². The number of nitrogens with one attached hydrogen (secondary N) is 1. The Labute approximate surface area is 97.9 Å². The fraction of sp³-hybridized carbons (Fsp3) is 0.182. The maximum absolute atomic E-state index is 10.7. The molecule has 2 rings (SSSR count). The van der Waals surface area contributed by atoms with Gasteiger partial charge < -0.3 is 10.0 Å². The molecule has 2 N–H and O–H groups in total. The number of rotatable bonds is 3. The van der Waals surface area contributed by atoms with Crippen molar-refractivity contribution in [3.63, 3.8) is 0 Å². The predicted molar refractivity (Wildman–Crippen MR) is 63.1 cm³/mol. The summed E-state index contributed by atoms with van der Waals surface area (Å²) in [5.41, 5.74) is 1.78. The summed E-state index contributed by atoms with van der Waals surface area (Å²) in [5, 5.41) is 15.0. The average Bonchev–Trinajstić information content (AvgIpc) is 2.78. The summed E-state index contributed by atoms with van der Waals surface area (Å²) in [6, 6.07) is 7.56. The van der Waals surface area contributed by atoms with Gasteiger partial charge >= 0.3 is 5.97 Å². The lowest BCUT2D eigenvalue weighted by molar-refractivity contribution is 0.0684. The Kier molecular flexibility index (Phi) is 2.78. The number of carbonyl (C=O) groups is 1. The minimum Gasteiger partial charge on any atom is -0.475 e. The van der Waals surface area contributed by atoms with Gasteiger partial charge in [0.25, 0.3) is 0 Å². The zero-order valence-electron chi connectivity index (χ0n) is 9.51. The molecule has 0 aliphatic heterocycles. The first-order valence-corrected chi connectivity index (χ1v) is 5.01. The van der Waals surface area contributed by atoms with E-state index in [1.165, 1.54) is 0 Å². The number of aromatic amines is 1. The van der Waals surface area contributed by atoms with Crippen LogP contribution in [-0.2, 0) is 0 Å². The van der Waals surface area contributed by atoms with Crippen molar-refractivity contribution < 1.29 is 9.90 Å². The van der Waals surface area contributed by atoms with Gasteiger partial charge in [0, 0.05) is 25.3 Å². The Balaban J connectivity index is 2.38. The van der Waals surface area contributed by atoms with Gasteiger partial charge in [-0.3, -0.25) is 5.10 Å². The quantitative estimate of drug-likeness (QED) is 0.831. The molecule has 2 aromatic rings. The summed E-state index contributed by atoms with van der Waals surface area (Å²) in [6.07, 6.45) is 0. The van der Waals surface area contributed by atoms with Crippen LogP contribution in [-0.4, -0.2) is 40.4 Å². The van der Waals surface area contributed by atoms with Crippen molar-refractivity contribution >= 4 is 11.7 Å². The van der Waals surface area contributed by atoms with E-state index in [2.05, 4.69) is 15.2 Å². The van der Waals surface area contributed by atoms with Crippen molar-refractivity contribution in [2.24, 2.45) is 0 Å². The van der Waals surface area contributed by atoms with Crippen molar-refractivity contribution in [1.29, 1.82) is 0 Å². The molecule has 6 nitrogen and oxygen atoms in total. The Bertz CT molecular complexity index is 548. The lowest BCUT2D eigenvalue weighted by Crippen LogP contribution is -2.08. The van der Waals surface area contributed by atoms with E-state index in [4.69, 9.17) is 5.11 Å². The third-order valence-electron chi connectivity index (χ3n) is 2.31. The highest BCUT2D eigenvalue weighted by Crippen LogP contribution is 2.20. The molecule has 1 aromatic heterocycles. The van der Waals surface area contributed by atoms with Gasteiger partial charge in [-0.2, -0.15) is 5.10 Å². The molecular formula is C11H12N4O2. The van der Waals surface area contributed by atoms with E-state index >= 15 is 0 Å². The molecule has 0 fully saturated rings. The van der Waals surface area contributed by atoms with E-state index in [0.717, 1.165) is 11.3 Å². The second kappa shape index (κ2) is 4.25. The first-order valence-electron chi connectivity index (χ1n) is 5.01. The molecule has 0 spiro atoms. The van der Waals surface area contributed by atoms with Crippen molar-refractivity contribution in [3.8, 4) is 11.4 Å². The Hall–Kier alpha value is -2.37. The zero-order valence-corrected chi connectivity index (χ0v) is 9.51. The normalized spacial score (nSPS) is 10.2. The van der Waals surface area contributed by atoms with Crippen LogP contribution in [0.5, 0.6) is 0 Å². The number of hydrogen-bond acceptors (Lipinski definition) is 4. The second-order valence-corrected chi connectivity index (χ2v) is 3.76.